The molecular weight excluding hydrogens is 214 g/mol. The SMILES string of the molecule is CCCC(O)CNCc1cccc(OCC)c1. The van der Waals surface area contributed by atoms with Gasteiger partial charge in [-0.1, -0.05) is 25.5 Å². The summed E-state index contributed by atoms with van der Waals surface area (Å²) >= 11 is 0. The van der Waals surface area contributed by atoms with Crippen LogP contribution in [0.3, 0.4) is 0 Å². The summed E-state index contributed by atoms with van der Waals surface area (Å²) in [6.07, 6.45) is 1.63. The van der Waals surface area contributed by atoms with Crippen LogP contribution < -0.4 is 10.1 Å². The predicted octanol–water partition coefficient (Wildman–Crippen LogP) is 2.34. The molecule has 0 bridgehead atoms. The van der Waals surface area contributed by atoms with Crippen LogP contribution in [0.2, 0.25) is 0 Å². The van der Waals surface area contributed by atoms with E-state index in [0.29, 0.717) is 13.2 Å². The molecule has 0 saturated carbocycles. The van der Waals surface area contributed by atoms with Crippen molar-refractivity contribution >= 4 is 0 Å². The predicted molar refractivity (Wildman–Crippen MR) is 70.2 cm³/mol. The van der Waals surface area contributed by atoms with Gasteiger partial charge in [0.15, 0.2) is 0 Å². The summed E-state index contributed by atoms with van der Waals surface area (Å²) in [6.45, 7) is 6.15. The normalized spacial score (nSPS) is 12.4. The summed E-state index contributed by atoms with van der Waals surface area (Å²) < 4.78 is 5.44. The van der Waals surface area contributed by atoms with E-state index < -0.39 is 0 Å². The average Bonchev–Trinajstić information content (AvgIpc) is 2.30. The van der Waals surface area contributed by atoms with Crippen molar-refractivity contribution in [1.29, 1.82) is 0 Å². The highest BCUT2D eigenvalue weighted by Crippen LogP contribution is 2.12. The van der Waals surface area contributed by atoms with Crippen LogP contribution in [0.15, 0.2) is 24.3 Å². The second-order valence-corrected chi connectivity index (χ2v) is 4.15. The number of rotatable bonds is 8. The lowest BCUT2D eigenvalue weighted by atomic mass is 10.2. The van der Waals surface area contributed by atoms with Gasteiger partial charge in [0.05, 0.1) is 12.7 Å². The zero-order chi connectivity index (χ0) is 12.5. The van der Waals surface area contributed by atoms with E-state index in [0.717, 1.165) is 25.1 Å². The minimum absolute atomic E-state index is 0.241. The summed E-state index contributed by atoms with van der Waals surface area (Å²) in [6, 6.07) is 8.04. The van der Waals surface area contributed by atoms with Crippen LogP contribution in [0.1, 0.15) is 32.3 Å². The molecule has 0 amide bonds. The number of hydrogen-bond donors (Lipinski definition) is 2. The molecule has 3 heteroatoms. The Morgan fingerprint density at radius 3 is 2.88 bits per heavy atom. The van der Waals surface area contributed by atoms with Gasteiger partial charge in [-0.3, -0.25) is 0 Å². The van der Waals surface area contributed by atoms with Crippen LogP contribution in [0.5, 0.6) is 5.75 Å². The van der Waals surface area contributed by atoms with Crippen molar-refractivity contribution in [2.45, 2.75) is 39.3 Å². The van der Waals surface area contributed by atoms with E-state index in [4.69, 9.17) is 4.74 Å². The molecule has 3 nitrogen and oxygen atoms in total. The van der Waals surface area contributed by atoms with Gasteiger partial charge >= 0.3 is 0 Å². The maximum absolute atomic E-state index is 9.58. The Morgan fingerprint density at radius 1 is 1.35 bits per heavy atom. The molecule has 0 aromatic heterocycles. The van der Waals surface area contributed by atoms with E-state index in [-0.39, 0.29) is 6.10 Å². The lowest BCUT2D eigenvalue weighted by Crippen LogP contribution is -2.26. The van der Waals surface area contributed by atoms with E-state index in [1.165, 1.54) is 5.56 Å². The second-order valence-electron chi connectivity index (χ2n) is 4.15. The Bertz CT molecular complexity index is 315. The second kappa shape index (κ2) is 8.09. The number of aliphatic hydroxyl groups excluding tert-OH is 1. The van der Waals surface area contributed by atoms with Gasteiger partial charge in [-0.25, -0.2) is 0 Å². The first kappa shape index (κ1) is 14.0. The fourth-order valence-corrected chi connectivity index (χ4v) is 1.73. The van der Waals surface area contributed by atoms with Gasteiger partial charge in [0.2, 0.25) is 0 Å². The van der Waals surface area contributed by atoms with Gasteiger partial charge in [-0.15, -0.1) is 0 Å². The molecule has 0 aliphatic carbocycles. The molecule has 0 aliphatic heterocycles. The van der Waals surface area contributed by atoms with Crippen molar-refractivity contribution in [2.75, 3.05) is 13.2 Å². The molecule has 0 radical (unpaired) electrons. The van der Waals surface area contributed by atoms with Gasteiger partial charge in [0, 0.05) is 13.1 Å². The van der Waals surface area contributed by atoms with Crippen molar-refractivity contribution in [3.05, 3.63) is 29.8 Å². The maximum Gasteiger partial charge on any atom is 0.119 e. The van der Waals surface area contributed by atoms with Crippen molar-refractivity contribution in [3.8, 4) is 5.75 Å². The van der Waals surface area contributed by atoms with Crippen LogP contribution >= 0.6 is 0 Å². The minimum Gasteiger partial charge on any atom is -0.494 e. The molecule has 0 aliphatic rings. The number of ether oxygens (including phenoxy) is 1. The highest BCUT2D eigenvalue weighted by molar-refractivity contribution is 5.28. The van der Waals surface area contributed by atoms with Crippen LogP contribution in [-0.4, -0.2) is 24.4 Å². The van der Waals surface area contributed by atoms with Crippen molar-refractivity contribution < 1.29 is 9.84 Å². The molecule has 1 atom stereocenters. The minimum atomic E-state index is -0.241. The molecule has 1 aromatic rings. The molecule has 0 spiro atoms. The summed E-state index contributed by atoms with van der Waals surface area (Å²) in [4.78, 5) is 0. The molecule has 0 heterocycles. The highest BCUT2D eigenvalue weighted by atomic mass is 16.5. The molecule has 96 valence electrons. The Morgan fingerprint density at radius 2 is 2.18 bits per heavy atom. The Kier molecular flexibility index (Phi) is 6.67. The lowest BCUT2D eigenvalue weighted by molar-refractivity contribution is 0.160. The molecule has 2 N–H and O–H groups in total. The standard InChI is InChI=1S/C14H23NO2/c1-3-6-13(16)11-15-10-12-7-5-8-14(9-12)17-4-2/h5,7-9,13,15-16H,3-4,6,10-11H2,1-2H3. The summed E-state index contributed by atoms with van der Waals surface area (Å²) in [5, 5.41) is 12.8. The molecule has 0 saturated heterocycles. The number of aliphatic hydroxyl groups is 1. The third-order valence-electron chi connectivity index (χ3n) is 2.54. The van der Waals surface area contributed by atoms with Crippen molar-refractivity contribution in [3.63, 3.8) is 0 Å². The fourth-order valence-electron chi connectivity index (χ4n) is 1.73. The smallest absolute Gasteiger partial charge is 0.119 e. The van der Waals surface area contributed by atoms with Gasteiger partial charge in [0.25, 0.3) is 0 Å². The molecule has 17 heavy (non-hydrogen) atoms. The van der Waals surface area contributed by atoms with Crippen molar-refractivity contribution in [2.24, 2.45) is 0 Å². The van der Waals surface area contributed by atoms with E-state index in [1.54, 1.807) is 0 Å². The van der Waals surface area contributed by atoms with Gasteiger partial charge < -0.3 is 15.2 Å². The third kappa shape index (κ3) is 5.71. The summed E-state index contributed by atoms with van der Waals surface area (Å²) in [5.41, 5.74) is 1.18. The van der Waals surface area contributed by atoms with Gasteiger partial charge in [-0.05, 0) is 31.0 Å². The zero-order valence-electron chi connectivity index (χ0n) is 10.8. The van der Waals surface area contributed by atoms with E-state index in [9.17, 15) is 5.11 Å². The first-order valence-electron chi connectivity index (χ1n) is 6.36. The largest absolute Gasteiger partial charge is 0.494 e. The van der Waals surface area contributed by atoms with Crippen LogP contribution in [0, 0.1) is 0 Å². The first-order valence-corrected chi connectivity index (χ1v) is 6.36. The Hall–Kier alpha value is -1.06. The number of hydrogen-bond acceptors (Lipinski definition) is 3. The fraction of sp³-hybridized carbons (Fsp3) is 0.571. The quantitative estimate of drug-likeness (QED) is 0.729. The van der Waals surface area contributed by atoms with E-state index >= 15 is 0 Å². The van der Waals surface area contributed by atoms with E-state index in [1.807, 2.05) is 25.1 Å². The van der Waals surface area contributed by atoms with Crippen LogP contribution in [0.4, 0.5) is 0 Å². The molecular formula is C14H23NO2. The number of benzene rings is 1. The topological polar surface area (TPSA) is 41.5 Å². The van der Waals surface area contributed by atoms with E-state index in [2.05, 4.69) is 18.3 Å². The zero-order valence-corrected chi connectivity index (χ0v) is 10.8. The molecule has 0 fully saturated rings. The van der Waals surface area contributed by atoms with Gasteiger partial charge in [0.1, 0.15) is 5.75 Å². The summed E-state index contributed by atoms with van der Waals surface area (Å²) in [7, 11) is 0. The van der Waals surface area contributed by atoms with Crippen LogP contribution in [-0.2, 0) is 6.54 Å². The monoisotopic (exact) mass is 237 g/mol. The molecule has 1 rings (SSSR count). The first-order chi connectivity index (χ1) is 8.26. The van der Waals surface area contributed by atoms with Gasteiger partial charge in [-0.2, -0.15) is 0 Å². The molecule has 1 aromatic carbocycles. The highest BCUT2D eigenvalue weighted by Gasteiger charge is 2.02. The van der Waals surface area contributed by atoms with Crippen molar-refractivity contribution in [1.82, 2.24) is 5.32 Å². The number of nitrogens with one attached hydrogen (secondary N) is 1. The third-order valence-corrected chi connectivity index (χ3v) is 2.54. The summed E-state index contributed by atoms with van der Waals surface area (Å²) in [5.74, 6) is 0.904. The lowest BCUT2D eigenvalue weighted by Gasteiger charge is -2.11. The Balaban J connectivity index is 2.33. The van der Waals surface area contributed by atoms with Crippen LogP contribution in [0.25, 0.3) is 0 Å². The average molecular weight is 237 g/mol. The molecule has 1 unspecified atom stereocenters. The Labute approximate surface area is 104 Å². The maximum atomic E-state index is 9.58.